The van der Waals surface area contributed by atoms with Gasteiger partial charge in [-0.15, -0.1) is 0 Å². The average Bonchev–Trinajstić information content (AvgIpc) is 3.43. The number of nitrogens with zero attached hydrogens (tertiary/aromatic N) is 3. The molecule has 0 unspecified atom stereocenters. The summed E-state index contributed by atoms with van der Waals surface area (Å²) in [6.07, 6.45) is 2.05. The van der Waals surface area contributed by atoms with Gasteiger partial charge in [0.25, 0.3) is 0 Å². The summed E-state index contributed by atoms with van der Waals surface area (Å²) in [6.45, 7) is 7.48. The van der Waals surface area contributed by atoms with Crippen molar-refractivity contribution in [3.63, 3.8) is 0 Å². The van der Waals surface area contributed by atoms with Crippen LogP contribution in [0.4, 0.5) is 0 Å². The number of para-hydroxylation sites is 2. The number of halogens is 1. The van der Waals surface area contributed by atoms with Crippen LogP contribution in [0.15, 0.2) is 54.6 Å². The molecule has 1 aliphatic rings. The standard InChI is InChI=1S/C26H30ClN3O3/c1-18(2)25(31)29(16-21-12-9-15-32-21)17-22-19(3)28-30(20-10-5-4-6-11-20)26(22)33-24-14-8-7-13-23(24)27/h4-8,10-11,13-14,18,21H,9,12,15-17H2,1-3H3/t21-/m1/s1. The monoisotopic (exact) mass is 467 g/mol. The highest BCUT2D eigenvalue weighted by Crippen LogP contribution is 2.35. The normalized spacial score (nSPS) is 15.7. The second-order valence-electron chi connectivity index (χ2n) is 8.66. The lowest BCUT2D eigenvalue weighted by molar-refractivity contribution is -0.136. The average molecular weight is 468 g/mol. The van der Waals surface area contributed by atoms with E-state index in [0.717, 1.165) is 36.4 Å². The fraction of sp³-hybridized carbons (Fsp3) is 0.385. The summed E-state index contributed by atoms with van der Waals surface area (Å²) in [4.78, 5) is 15.0. The Morgan fingerprint density at radius 3 is 2.61 bits per heavy atom. The van der Waals surface area contributed by atoms with Crippen LogP contribution in [0.5, 0.6) is 11.6 Å². The van der Waals surface area contributed by atoms with Crippen LogP contribution in [0, 0.1) is 12.8 Å². The highest BCUT2D eigenvalue weighted by atomic mass is 35.5. The zero-order chi connectivity index (χ0) is 23.4. The molecule has 1 aromatic heterocycles. The molecule has 2 heterocycles. The highest BCUT2D eigenvalue weighted by molar-refractivity contribution is 6.32. The SMILES string of the molecule is Cc1nn(-c2ccccc2)c(Oc2ccccc2Cl)c1CN(C[C@H]1CCCO1)C(=O)C(C)C. The third-order valence-corrected chi connectivity index (χ3v) is 6.10. The van der Waals surface area contributed by atoms with E-state index in [1.54, 1.807) is 10.7 Å². The number of amides is 1. The first-order valence-corrected chi connectivity index (χ1v) is 11.8. The summed E-state index contributed by atoms with van der Waals surface area (Å²) < 4.78 is 14.0. The number of benzene rings is 2. The number of aryl methyl sites for hydroxylation is 1. The van der Waals surface area contributed by atoms with Crippen molar-refractivity contribution in [2.45, 2.75) is 46.3 Å². The van der Waals surface area contributed by atoms with Gasteiger partial charge in [-0.3, -0.25) is 4.79 Å². The van der Waals surface area contributed by atoms with Crippen molar-refractivity contribution in [3.8, 4) is 17.3 Å². The molecule has 0 N–H and O–H groups in total. The minimum absolute atomic E-state index is 0.0603. The van der Waals surface area contributed by atoms with Crippen molar-refractivity contribution in [3.05, 3.63) is 70.9 Å². The molecule has 1 atom stereocenters. The highest BCUT2D eigenvalue weighted by Gasteiger charge is 2.28. The summed E-state index contributed by atoms with van der Waals surface area (Å²) in [5.74, 6) is 1.06. The topological polar surface area (TPSA) is 56.6 Å². The molecule has 6 nitrogen and oxygen atoms in total. The summed E-state index contributed by atoms with van der Waals surface area (Å²) >= 11 is 6.41. The Labute approximate surface area is 200 Å². The van der Waals surface area contributed by atoms with Crippen molar-refractivity contribution < 1.29 is 14.3 Å². The van der Waals surface area contributed by atoms with Crippen LogP contribution in [0.1, 0.15) is 37.9 Å². The third-order valence-electron chi connectivity index (χ3n) is 5.78. The predicted octanol–water partition coefficient (Wildman–Crippen LogP) is 5.79. The molecular formula is C26H30ClN3O3. The number of hydrogen-bond acceptors (Lipinski definition) is 4. The molecule has 7 heteroatoms. The van der Waals surface area contributed by atoms with Crippen LogP contribution in [-0.2, 0) is 16.1 Å². The Bertz CT molecular complexity index is 1090. The van der Waals surface area contributed by atoms with Gasteiger partial charge in [-0.2, -0.15) is 5.10 Å². The molecule has 0 bridgehead atoms. The largest absolute Gasteiger partial charge is 0.437 e. The summed E-state index contributed by atoms with van der Waals surface area (Å²) in [6, 6.07) is 17.2. The zero-order valence-electron chi connectivity index (χ0n) is 19.3. The van der Waals surface area contributed by atoms with Gasteiger partial charge in [0.2, 0.25) is 11.8 Å². The fourth-order valence-electron chi connectivity index (χ4n) is 4.02. The maximum Gasteiger partial charge on any atom is 0.227 e. The third kappa shape index (κ3) is 5.40. The zero-order valence-corrected chi connectivity index (χ0v) is 20.1. The smallest absolute Gasteiger partial charge is 0.227 e. The lowest BCUT2D eigenvalue weighted by Gasteiger charge is -2.27. The van der Waals surface area contributed by atoms with Crippen molar-refractivity contribution in [2.24, 2.45) is 5.92 Å². The molecule has 2 aromatic carbocycles. The first-order valence-electron chi connectivity index (χ1n) is 11.4. The van der Waals surface area contributed by atoms with E-state index in [4.69, 9.17) is 26.2 Å². The maximum atomic E-state index is 13.1. The van der Waals surface area contributed by atoms with E-state index in [9.17, 15) is 4.79 Å². The maximum absolute atomic E-state index is 13.1. The van der Waals surface area contributed by atoms with Gasteiger partial charge in [-0.05, 0) is 44.0 Å². The molecular weight excluding hydrogens is 438 g/mol. The number of hydrogen-bond donors (Lipinski definition) is 0. The van der Waals surface area contributed by atoms with E-state index in [-0.39, 0.29) is 17.9 Å². The molecule has 3 aromatic rings. The summed E-state index contributed by atoms with van der Waals surface area (Å²) in [7, 11) is 0. The minimum Gasteiger partial charge on any atom is -0.437 e. The Morgan fingerprint density at radius 2 is 1.94 bits per heavy atom. The Hall–Kier alpha value is -2.83. The number of aromatic nitrogens is 2. The van der Waals surface area contributed by atoms with Crippen molar-refractivity contribution >= 4 is 17.5 Å². The Balaban J connectivity index is 1.74. The first kappa shape index (κ1) is 23.3. The van der Waals surface area contributed by atoms with Gasteiger partial charge in [0.1, 0.15) is 5.75 Å². The van der Waals surface area contributed by atoms with Crippen LogP contribution >= 0.6 is 11.6 Å². The quantitative estimate of drug-likeness (QED) is 0.420. The number of carbonyl (C=O) groups excluding carboxylic acids is 1. The van der Waals surface area contributed by atoms with Crippen LogP contribution in [-0.4, -0.2) is 39.8 Å². The van der Waals surface area contributed by atoms with Gasteiger partial charge >= 0.3 is 0 Å². The molecule has 33 heavy (non-hydrogen) atoms. The molecule has 1 fully saturated rings. The molecule has 1 aliphatic heterocycles. The lowest BCUT2D eigenvalue weighted by atomic mass is 10.1. The van der Waals surface area contributed by atoms with Gasteiger partial charge in [-0.1, -0.05) is 55.8 Å². The van der Waals surface area contributed by atoms with Crippen LogP contribution in [0.25, 0.3) is 5.69 Å². The summed E-state index contributed by atoms with van der Waals surface area (Å²) in [5.41, 5.74) is 2.52. The molecule has 0 saturated carbocycles. The first-order chi connectivity index (χ1) is 15.9. The van der Waals surface area contributed by atoms with Gasteiger partial charge in [0.05, 0.1) is 34.6 Å². The van der Waals surface area contributed by atoms with E-state index in [1.165, 1.54) is 0 Å². The molecule has 4 rings (SSSR count). The molecule has 1 saturated heterocycles. The number of rotatable bonds is 8. The van der Waals surface area contributed by atoms with Gasteiger partial charge in [0, 0.05) is 19.1 Å². The van der Waals surface area contributed by atoms with E-state index in [2.05, 4.69) is 0 Å². The second kappa shape index (κ2) is 10.4. The van der Waals surface area contributed by atoms with Gasteiger partial charge in [0.15, 0.2) is 0 Å². The summed E-state index contributed by atoms with van der Waals surface area (Å²) in [5, 5.41) is 5.29. The molecule has 174 valence electrons. The van der Waals surface area contributed by atoms with Gasteiger partial charge < -0.3 is 14.4 Å². The minimum atomic E-state index is -0.121. The van der Waals surface area contributed by atoms with Gasteiger partial charge in [-0.25, -0.2) is 4.68 Å². The molecule has 0 aliphatic carbocycles. The fourth-order valence-corrected chi connectivity index (χ4v) is 4.20. The number of ether oxygens (including phenoxy) is 2. The molecule has 1 amide bonds. The van der Waals surface area contributed by atoms with Crippen molar-refractivity contribution in [2.75, 3.05) is 13.2 Å². The van der Waals surface area contributed by atoms with Crippen molar-refractivity contribution in [1.29, 1.82) is 0 Å². The Kier molecular flexibility index (Phi) is 7.36. The van der Waals surface area contributed by atoms with Crippen LogP contribution in [0.2, 0.25) is 5.02 Å². The molecule has 0 radical (unpaired) electrons. The van der Waals surface area contributed by atoms with E-state index < -0.39 is 0 Å². The lowest BCUT2D eigenvalue weighted by Crippen LogP contribution is -2.39. The van der Waals surface area contributed by atoms with Crippen LogP contribution in [0.3, 0.4) is 0 Å². The Morgan fingerprint density at radius 1 is 1.21 bits per heavy atom. The van der Waals surface area contributed by atoms with E-state index in [1.807, 2.05) is 74.2 Å². The van der Waals surface area contributed by atoms with E-state index >= 15 is 0 Å². The predicted molar refractivity (Wildman–Crippen MR) is 129 cm³/mol. The van der Waals surface area contributed by atoms with E-state index in [0.29, 0.717) is 29.7 Å². The van der Waals surface area contributed by atoms with Crippen molar-refractivity contribution in [1.82, 2.24) is 14.7 Å². The molecule has 0 spiro atoms. The second-order valence-corrected chi connectivity index (χ2v) is 9.06. The van der Waals surface area contributed by atoms with Crippen LogP contribution < -0.4 is 4.74 Å². The number of carbonyl (C=O) groups is 1.